The molecule has 0 spiro atoms. The molecule has 0 aromatic heterocycles. The molecule has 5 heteroatoms. The van der Waals surface area contributed by atoms with Gasteiger partial charge in [-0.15, -0.1) is 0 Å². The second-order valence-corrected chi connectivity index (χ2v) is 5.72. The fourth-order valence-corrected chi connectivity index (χ4v) is 2.70. The Bertz CT molecular complexity index is 445. The maximum Gasteiger partial charge on any atom is 0.252 e. The Morgan fingerprint density at radius 2 is 2.26 bits per heavy atom. The summed E-state index contributed by atoms with van der Waals surface area (Å²) in [6.45, 7) is 2.84. The molecule has 0 aliphatic carbocycles. The third-order valence-corrected chi connectivity index (χ3v) is 3.97. The number of nitrogens with one attached hydrogen (secondary N) is 2. The summed E-state index contributed by atoms with van der Waals surface area (Å²) in [6.07, 6.45) is 3.45. The van der Waals surface area contributed by atoms with Crippen molar-refractivity contribution in [3.8, 4) is 0 Å². The van der Waals surface area contributed by atoms with E-state index in [1.165, 1.54) is 12.8 Å². The molecule has 2 N–H and O–H groups in total. The van der Waals surface area contributed by atoms with Crippen molar-refractivity contribution in [1.29, 1.82) is 0 Å². The van der Waals surface area contributed by atoms with Gasteiger partial charge in [-0.3, -0.25) is 4.79 Å². The Hall–Kier alpha value is -0.770. The number of piperidine rings is 1. The van der Waals surface area contributed by atoms with E-state index in [4.69, 9.17) is 23.2 Å². The average Bonchev–Trinajstić information content (AvgIpc) is 2.42. The lowest BCUT2D eigenvalue weighted by Crippen LogP contribution is -2.33. The molecule has 1 saturated heterocycles. The molecule has 3 nitrogen and oxygen atoms in total. The Morgan fingerprint density at radius 3 is 3.00 bits per heavy atom. The van der Waals surface area contributed by atoms with Crippen LogP contribution < -0.4 is 10.6 Å². The molecule has 1 aromatic carbocycles. The highest BCUT2D eigenvalue weighted by molar-refractivity contribution is 6.35. The van der Waals surface area contributed by atoms with Crippen molar-refractivity contribution in [1.82, 2.24) is 10.6 Å². The Morgan fingerprint density at radius 1 is 1.42 bits per heavy atom. The molecule has 1 aromatic rings. The van der Waals surface area contributed by atoms with Crippen molar-refractivity contribution >= 4 is 29.1 Å². The summed E-state index contributed by atoms with van der Waals surface area (Å²) < 4.78 is 0. The molecule has 1 aliphatic rings. The highest BCUT2D eigenvalue weighted by atomic mass is 35.5. The minimum absolute atomic E-state index is 0.156. The molecular weight excluding hydrogens is 283 g/mol. The van der Waals surface area contributed by atoms with Gasteiger partial charge >= 0.3 is 0 Å². The zero-order chi connectivity index (χ0) is 13.7. The van der Waals surface area contributed by atoms with Gasteiger partial charge < -0.3 is 10.6 Å². The van der Waals surface area contributed by atoms with Gasteiger partial charge in [0, 0.05) is 11.6 Å². The largest absolute Gasteiger partial charge is 0.352 e. The molecular formula is C14H18Cl2N2O. The summed E-state index contributed by atoms with van der Waals surface area (Å²) in [5.74, 6) is 0.500. The molecule has 1 fully saturated rings. The van der Waals surface area contributed by atoms with Crippen LogP contribution in [0, 0.1) is 5.92 Å². The SMILES string of the molecule is O=C(NCCC1CCCNC1)c1cc(Cl)ccc1Cl. The molecule has 1 heterocycles. The van der Waals surface area contributed by atoms with E-state index in [0.29, 0.717) is 28.1 Å². The molecule has 104 valence electrons. The number of amides is 1. The first kappa shape index (κ1) is 14.6. The third-order valence-electron chi connectivity index (χ3n) is 3.41. The summed E-state index contributed by atoms with van der Waals surface area (Å²) in [4.78, 5) is 12.0. The van der Waals surface area contributed by atoms with Crippen LogP contribution in [-0.4, -0.2) is 25.5 Å². The van der Waals surface area contributed by atoms with Gasteiger partial charge in [0.25, 0.3) is 5.91 Å². The first-order valence-electron chi connectivity index (χ1n) is 6.61. The van der Waals surface area contributed by atoms with Crippen LogP contribution in [-0.2, 0) is 0 Å². The van der Waals surface area contributed by atoms with Crippen molar-refractivity contribution in [2.75, 3.05) is 19.6 Å². The number of hydrogen-bond donors (Lipinski definition) is 2. The van der Waals surface area contributed by atoms with Crippen LogP contribution in [0.2, 0.25) is 10.0 Å². The summed E-state index contributed by atoms with van der Waals surface area (Å²) in [7, 11) is 0. The number of hydrogen-bond acceptors (Lipinski definition) is 2. The monoisotopic (exact) mass is 300 g/mol. The van der Waals surface area contributed by atoms with Gasteiger partial charge in [0.2, 0.25) is 0 Å². The van der Waals surface area contributed by atoms with Crippen molar-refractivity contribution < 1.29 is 4.79 Å². The van der Waals surface area contributed by atoms with Crippen LogP contribution in [0.25, 0.3) is 0 Å². The van der Waals surface area contributed by atoms with Gasteiger partial charge in [0.1, 0.15) is 0 Å². The second-order valence-electron chi connectivity index (χ2n) is 4.88. The Balaban J connectivity index is 1.82. The normalized spacial score (nSPS) is 19.2. The lowest BCUT2D eigenvalue weighted by Gasteiger charge is -2.22. The van der Waals surface area contributed by atoms with Crippen molar-refractivity contribution in [3.63, 3.8) is 0 Å². The minimum atomic E-state index is -0.156. The van der Waals surface area contributed by atoms with Crippen molar-refractivity contribution in [2.45, 2.75) is 19.3 Å². The standard InChI is InChI=1S/C14H18Cl2N2O/c15-11-3-4-13(16)12(8-11)14(19)18-7-5-10-2-1-6-17-9-10/h3-4,8,10,17H,1-2,5-7,9H2,(H,18,19). The maximum absolute atomic E-state index is 12.0. The number of benzene rings is 1. The minimum Gasteiger partial charge on any atom is -0.352 e. The van der Waals surface area contributed by atoms with Crippen LogP contribution in [0.15, 0.2) is 18.2 Å². The fourth-order valence-electron chi connectivity index (χ4n) is 2.33. The average molecular weight is 301 g/mol. The molecule has 1 unspecified atom stereocenters. The van der Waals surface area contributed by atoms with E-state index in [1.54, 1.807) is 18.2 Å². The van der Waals surface area contributed by atoms with Gasteiger partial charge in [0.15, 0.2) is 0 Å². The smallest absolute Gasteiger partial charge is 0.252 e. The van der Waals surface area contributed by atoms with E-state index in [9.17, 15) is 4.79 Å². The van der Waals surface area contributed by atoms with Crippen LogP contribution in [0.3, 0.4) is 0 Å². The van der Waals surface area contributed by atoms with E-state index in [0.717, 1.165) is 19.5 Å². The molecule has 1 amide bonds. The highest BCUT2D eigenvalue weighted by Gasteiger charge is 2.14. The molecule has 0 saturated carbocycles. The van der Waals surface area contributed by atoms with Crippen LogP contribution in [0.5, 0.6) is 0 Å². The molecule has 2 rings (SSSR count). The third kappa shape index (κ3) is 4.37. The van der Waals surface area contributed by atoms with E-state index in [-0.39, 0.29) is 5.91 Å². The Labute approximate surface area is 123 Å². The number of halogens is 2. The fraction of sp³-hybridized carbons (Fsp3) is 0.500. The first-order chi connectivity index (χ1) is 9.16. The van der Waals surface area contributed by atoms with Crippen molar-refractivity contribution in [2.24, 2.45) is 5.92 Å². The highest BCUT2D eigenvalue weighted by Crippen LogP contribution is 2.20. The van der Waals surface area contributed by atoms with E-state index in [1.807, 2.05) is 0 Å². The predicted molar refractivity (Wildman–Crippen MR) is 79.0 cm³/mol. The molecule has 19 heavy (non-hydrogen) atoms. The maximum atomic E-state index is 12.0. The van der Waals surface area contributed by atoms with Crippen LogP contribution in [0.1, 0.15) is 29.6 Å². The lowest BCUT2D eigenvalue weighted by atomic mass is 9.96. The quantitative estimate of drug-likeness (QED) is 0.897. The zero-order valence-electron chi connectivity index (χ0n) is 10.7. The number of carbonyl (C=O) groups excluding carboxylic acids is 1. The predicted octanol–water partition coefficient (Wildman–Crippen LogP) is 3.11. The Kier molecular flexibility index (Phi) is 5.49. The van der Waals surface area contributed by atoms with Gasteiger partial charge in [-0.2, -0.15) is 0 Å². The number of rotatable bonds is 4. The molecule has 0 radical (unpaired) electrons. The summed E-state index contributed by atoms with van der Waals surface area (Å²) >= 11 is 11.9. The zero-order valence-corrected chi connectivity index (χ0v) is 12.2. The van der Waals surface area contributed by atoms with Crippen molar-refractivity contribution in [3.05, 3.63) is 33.8 Å². The topological polar surface area (TPSA) is 41.1 Å². The second kappa shape index (κ2) is 7.13. The first-order valence-corrected chi connectivity index (χ1v) is 7.36. The molecule has 1 atom stereocenters. The van der Waals surface area contributed by atoms with Gasteiger partial charge in [0.05, 0.1) is 10.6 Å². The van der Waals surface area contributed by atoms with Gasteiger partial charge in [-0.05, 0) is 56.5 Å². The number of carbonyl (C=O) groups is 1. The summed E-state index contributed by atoms with van der Waals surface area (Å²) in [5, 5.41) is 7.23. The van der Waals surface area contributed by atoms with Gasteiger partial charge in [-0.25, -0.2) is 0 Å². The van der Waals surface area contributed by atoms with Gasteiger partial charge in [-0.1, -0.05) is 23.2 Å². The van der Waals surface area contributed by atoms with Crippen LogP contribution in [0.4, 0.5) is 0 Å². The van der Waals surface area contributed by atoms with Crippen LogP contribution >= 0.6 is 23.2 Å². The summed E-state index contributed by atoms with van der Waals surface area (Å²) in [5.41, 5.74) is 0.441. The lowest BCUT2D eigenvalue weighted by molar-refractivity contribution is 0.0951. The van der Waals surface area contributed by atoms with E-state index < -0.39 is 0 Å². The van der Waals surface area contributed by atoms with E-state index >= 15 is 0 Å². The summed E-state index contributed by atoms with van der Waals surface area (Å²) in [6, 6.07) is 4.92. The van der Waals surface area contributed by atoms with E-state index in [2.05, 4.69) is 10.6 Å². The molecule has 0 bridgehead atoms. The molecule has 1 aliphatic heterocycles.